The molecule has 0 aromatic carbocycles. The summed E-state index contributed by atoms with van der Waals surface area (Å²) in [5.41, 5.74) is 21.6. The lowest BCUT2D eigenvalue weighted by molar-refractivity contribution is -0.142. The van der Waals surface area contributed by atoms with Crippen molar-refractivity contribution in [2.75, 3.05) is 6.54 Å². The average molecular weight is 428 g/mol. The number of primary amides is 1. The summed E-state index contributed by atoms with van der Waals surface area (Å²) >= 11 is 0. The Morgan fingerprint density at radius 1 is 1.03 bits per heavy atom. The zero-order valence-electron chi connectivity index (χ0n) is 17.2. The lowest BCUT2D eigenvalue weighted by Gasteiger charge is -2.23. The minimum absolute atomic E-state index is 0.164. The summed E-state index contributed by atoms with van der Waals surface area (Å²) in [6.07, 6.45) is 2.96. The van der Waals surface area contributed by atoms with Gasteiger partial charge in [-0.2, -0.15) is 4.91 Å². The van der Waals surface area contributed by atoms with E-state index in [1.165, 1.54) is 0 Å². The Hall–Kier alpha value is -3.05. The number of nitrogens with zero attached hydrogens (tertiary/aromatic N) is 3. The third-order valence-corrected chi connectivity index (χ3v) is 4.28. The number of hydrogen-bond donors (Lipinski definition) is 6. The molecule has 3 atom stereocenters. The predicted octanol–water partition coefficient (Wildman–Crippen LogP) is -0.191. The Labute approximate surface area is 174 Å². The number of azide groups is 1. The number of nitrogens with two attached hydrogens (primary N) is 2. The first-order valence-corrected chi connectivity index (χ1v) is 9.87. The fraction of sp³-hybridized carbons (Fsp3) is 0.765. The molecule has 3 amide bonds. The number of carboxylic acid groups (broad SMARTS) is 1. The molecule has 0 aliphatic heterocycles. The molecule has 0 rings (SSSR count). The molecule has 0 heterocycles. The summed E-state index contributed by atoms with van der Waals surface area (Å²) in [6, 6.07) is -3.10. The van der Waals surface area contributed by atoms with Gasteiger partial charge in [0.2, 0.25) is 17.7 Å². The van der Waals surface area contributed by atoms with Crippen molar-refractivity contribution in [2.45, 2.75) is 76.4 Å². The van der Waals surface area contributed by atoms with E-state index in [1.54, 1.807) is 0 Å². The van der Waals surface area contributed by atoms with E-state index in [1.807, 2.05) is 6.92 Å². The number of rotatable bonds is 17. The molecular formula is C17H32N8O5. The molecule has 0 unspecified atom stereocenters. The summed E-state index contributed by atoms with van der Waals surface area (Å²) in [4.78, 5) is 49.7. The summed E-state index contributed by atoms with van der Waals surface area (Å²) in [6.45, 7) is 2.34. The number of nitrogens with one attached hydrogen (secondary N) is 3. The lowest BCUT2D eigenvalue weighted by Crippen LogP contribution is -2.54. The van der Waals surface area contributed by atoms with Crippen LogP contribution in [-0.4, -0.2) is 53.5 Å². The van der Waals surface area contributed by atoms with Gasteiger partial charge in [-0.3, -0.25) is 19.8 Å². The third kappa shape index (κ3) is 12.4. The van der Waals surface area contributed by atoms with Crippen LogP contribution in [0.2, 0.25) is 0 Å². The van der Waals surface area contributed by atoms with E-state index in [9.17, 15) is 24.3 Å². The Morgan fingerprint density at radius 3 is 2.27 bits per heavy atom. The van der Waals surface area contributed by atoms with E-state index in [2.05, 4.69) is 26.2 Å². The van der Waals surface area contributed by atoms with E-state index in [0.29, 0.717) is 25.8 Å². The Bertz CT molecular complexity index is 623. The number of aliphatic carboxylic acids is 1. The van der Waals surface area contributed by atoms with Gasteiger partial charge in [0.1, 0.15) is 12.1 Å². The monoisotopic (exact) mass is 428 g/mol. The van der Waals surface area contributed by atoms with Crippen molar-refractivity contribution < 1.29 is 24.3 Å². The minimum atomic E-state index is -1.32. The molecule has 8 N–H and O–H groups in total. The number of carboxylic acids is 1. The lowest BCUT2D eigenvalue weighted by atomic mass is 10.0. The van der Waals surface area contributed by atoms with Gasteiger partial charge in [-0.25, -0.2) is 4.79 Å². The van der Waals surface area contributed by atoms with E-state index >= 15 is 0 Å². The fourth-order valence-corrected chi connectivity index (χ4v) is 2.55. The largest absolute Gasteiger partial charge is 0.480 e. The van der Waals surface area contributed by atoms with Gasteiger partial charge >= 0.3 is 5.97 Å². The predicted molar refractivity (Wildman–Crippen MR) is 108 cm³/mol. The number of amides is 3. The SMILES string of the molecule is CCCC[C@H](N)C(=O)N[C@@H](CCCCNN=[N+]=[N-])C(=O)N[C@@H](CCC(N)=O)C(=O)O. The molecule has 0 aliphatic carbocycles. The van der Waals surface area contributed by atoms with Crippen molar-refractivity contribution >= 4 is 23.7 Å². The number of hydrogen-bond acceptors (Lipinski definition) is 6. The Morgan fingerprint density at radius 2 is 1.70 bits per heavy atom. The summed E-state index contributed by atoms with van der Waals surface area (Å²) in [5.74, 6) is -3.19. The number of carbonyl (C=O) groups is 4. The van der Waals surface area contributed by atoms with Gasteiger partial charge in [0.15, 0.2) is 0 Å². The molecule has 0 saturated heterocycles. The van der Waals surface area contributed by atoms with Crippen LogP contribution in [0.4, 0.5) is 0 Å². The second-order valence-electron chi connectivity index (χ2n) is 6.81. The van der Waals surface area contributed by atoms with Gasteiger partial charge < -0.3 is 27.2 Å². The first-order valence-electron chi connectivity index (χ1n) is 9.87. The van der Waals surface area contributed by atoms with Gasteiger partial charge in [0.05, 0.1) is 12.6 Å². The normalized spacial score (nSPS) is 13.3. The minimum Gasteiger partial charge on any atom is -0.480 e. The second kappa shape index (κ2) is 15.8. The van der Waals surface area contributed by atoms with E-state index in [-0.39, 0.29) is 19.3 Å². The van der Waals surface area contributed by atoms with Crippen LogP contribution in [-0.2, 0) is 19.2 Å². The highest BCUT2D eigenvalue weighted by molar-refractivity contribution is 5.91. The van der Waals surface area contributed by atoms with Crippen LogP contribution in [0.3, 0.4) is 0 Å². The first-order chi connectivity index (χ1) is 14.2. The van der Waals surface area contributed by atoms with Crippen molar-refractivity contribution in [3.63, 3.8) is 0 Å². The highest BCUT2D eigenvalue weighted by Gasteiger charge is 2.27. The molecule has 0 fully saturated rings. The molecule has 0 aromatic rings. The fourth-order valence-electron chi connectivity index (χ4n) is 2.55. The van der Waals surface area contributed by atoms with Crippen molar-refractivity contribution in [1.82, 2.24) is 16.1 Å². The zero-order chi connectivity index (χ0) is 22.9. The maximum absolute atomic E-state index is 12.6. The standard InChI is InChI=1S/C17H32N8O5/c1-2-3-6-11(18)15(27)22-12(7-4-5-10-21-25-24-20)16(28)23-13(17(29)30)8-9-14(19)26/h11-13,21H,2-10,18H2,1H3,(H2,19,26)(H,22,27)(H,23,28)(H,29,30)/t11-,12-,13-/m0/s1. The van der Waals surface area contributed by atoms with Crippen LogP contribution in [0.1, 0.15) is 58.3 Å². The first kappa shape index (κ1) is 27.0. The Kier molecular flexibility index (Phi) is 14.2. The topological polar surface area (TPSA) is 225 Å². The molecule has 13 heteroatoms. The summed E-state index contributed by atoms with van der Waals surface area (Å²) < 4.78 is 0. The van der Waals surface area contributed by atoms with Crippen LogP contribution in [0.5, 0.6) is 0 Å². The van der Waals surface area contributed by atoms with E-state index < -0.39 is 41.8 Å². The van der Waals surface area contributed by atoms with Crippen molar-refractivity contribution in [3.8, 4) is 0 Å². The highest BCUT2D eigenvalue weighted by Crippen LogP contribution is 2.06. The molecular weight excluding hydrogens is 396 g/mol. The molecule has 0 radical (unpaired) electrons. The van der Waals surface area contributed by atoms with Crippen LogP contribution in [0.25, 0.3) is 10.4 Å². The van der Waals surface area contributed by atoms with Crippen LogP contribution < -0.4 is 27.5 Å². The molecule has 170 valence electrons. The smallest absolute Gasteiger partial charge is 0.326 e. The van der Waals surface area contributed by atoms with Gasteiger partial charge in [-0.1, -0.05) is 19.8 Å². The molecule has 0 saturated carbocycles. The number of unbranched alkanes of at least 4 members (excludes halogenated alkanes) is 2. The van der Waals surface area contributed by atoms with Crippen LogP contribution in [0.15, 0.2) is 5.22 Å². The molecule has 0 aromatic heterocycles. The molecule has 30 heavy (non-hydrogen) atoms. The highest BCUT2D eigenvalue weighted by atomic mass is 16.4. The van der Waals surface area contributed by atoms with Gasteiger partial charge in [-0.15, -0.1) is 5.53 Å². The maximum Gasteiger partial charge on any atom is 0.326 e. The Balaban J connectivity index is 5.01. The molecule has 0 aliphatic rings. The van der Waals surface area contributed by atoms with Crippen molar-refractivity contribution in [2.24, 2.45) is 16.7 Å². The van der Waals surface area contributed by atoms with Crippen molar-refractivity contribution in [1.29, 1.82) is 0 Å². The maximum atomic E-state index is 12.6. The van der Waals surface area contributed by atoms with E-state index in [4.69, 9.17) is 17.0 Å². The second-order valence-corrected chi connectivity index (χ2v) is 6.81. The average Bonchev–Trinajstić information content (AvgIpc) is 2.69. The van der Waals surface area contributed by atoms with Crippen molar-refractivity contribution in [3.05, 3.63) is 10.4 Å². The van der Waals surface area contributed by atoms with Gasteiger partial charge in [-0.05, 0) is 37.3 Å². The van der Waals surface area contributed by atoms with Gasteiger partial charge in [0, 0.05) is 6.42 Å². The zero-order valence-corrected chi connectivity index (χ0v) is 17.2. The van der Waals surface area contributed by atoms with Gasteiger partial charge in [0.25, 0.3) is 0 Å². The van der Waals surface area contributed by atoms with E-state index in [0.717, 1.165) is 12.8 Å². The van der Waals surface area contributed by atoms with Crippen LogP contribution >= 0.6 is 0 Å². The molecule has 13 nitrogen and oxygen atoms in total. The van der Waals surface area contributed by atoms with Crippen LogP contribution in [0, 0.1) is 0 Å². The third-order valence-electron chi connectivity index (χ3n) is 4.28. The molecule has 0 spiro atoms. The molecule has 0 bridgehead atoms. The number of carbonyl (C=O) groups excluding carboxylic acids is 3. The summed E-state index contributed by atoms with van der Waals surface area (Å²) in [7, 11) is 0. The quantitative estimate of drug-likeness (QED) is 0.0600. The summed E-state index contributed by atoms with van der Waals surface area (Å²) in [5, 5.41) is 17.3.